The Morgan fingerprint density at radius 1 is 1.53 bits per heavy atom. The second-order valence-corrected chi connectivity index (χ2v) is 5.10. The lowest BCUT2D eigenvalue weighted by Gasteiger charge is -2.29. The maximum absolute atomic E-state index is 11.7. The molecule has 0 bridgehead atoms. The zero-order valence-corrected chi connectivity index (χ0v) is 9.59. The molecule has 1 aromatic heterocycles. The molecule has 1 saturated carbocycles. The van der Waals surface area contributed by atoms with Crippen molar-refractivity contribution in [2.24, 2.45) is 11.3 Å². The van der Waals surface area contributed by atoms with Gasteiger partial charge in [0.2, 0.25) is 0 Å². The van der Waals surface area contributed by atoms with Gasteiger partial charge in [-0.15, -0.1) is 0 Å². The Morgan fingerprint density at radius 3 is 2.94 bits per heavy atom. The zero-order valence-electron chi connectivity index (χ0n) is 9.59. The van der Waals surface area contributed by atoms with Crippen LogP contribution >= 0.6 is 0 Å². The summed E-state index contributed by atoms with van der Waals surface area (Å²) in [6.07, 6.45) is 4.67. The fraction of sp³-hybridized carbons (Fsp3) is 0.615. The molecular formula is C13H16O4. The van der Waals surface area contributed by atoms with Crippen molar-refractivity contribution in [1.82, 2.24) is 0 Å². The molecule has 0 radical (unpaired) electrons. The Bertz CT molecular complexity index is 407. The molecule has 1 saturated heterocycles. The minimum atomic E-state index is -0.779. The van der Waals surface area contributed by atoms with E-state index in [1.54, 1.807) is 12.3 Å². The van der Waals surface area contributed by atoms with Crippen LogP contribution < -0.4 is 0 Å². The van der Waals surface area contributed by atoms with Crippen molar-refractivity contribution in [3.8, 4) is 0 Å². The number of carboxylic acid groups (broad SMARTS) is 1. The van der Waals surface area contributed by atoms with Crippen LogP contribution in [0, 0.1) is 11.3 Å². The molecule has 0 amide bonds. The quantitative estimate of drug-likeness (QED) is 0.869. The molecule has 2 atom stereocenters. The predicted molar refractivity (Wildman–Crippen MR) is 59.6 cm³/mol. The van der Waals surface area contributed by atoms with Crippen LogP contribution in [0.3, 0.4) is 0 Å². The molecule has 3 rings (SSSR count). The Balaban J connectivity index is 1.88. The van der Waals surface area contributed by atoms with Gasteiger partial charge in [0.05, 0.1) is 12.4 Å². The van der Waals surface area contributed by atoms with Crippen LogP contribution in [-0.2, 0) is 16.0 Å². The third-order valence-corrected chi connectivity index (χ3v) is 3.94. The minimum Gasteiger partial charge on any atom is -0.481 e. The summed E-state index contributed by atoms with van der Waals surface area (Å²) in [5.41, 5.74) is -0.779. The van der Waals surface area contributed by atoms with Crippen LogP contribution in [0.2, 0.25) is 0 Å². The van der Waals surface area contributed by atoms with Gasteiger partial charge in [0, 0.05) is 13.0 Å². The highest BCUT2D eigenvalue weighted by Crippen LogP contribution is 2.49. The Morgan fingerprint density at radius 2 is 2.35 bits per heavy atom. The van der Waals surface area contributed by atoms with Gasteiger partial charge in [-0.3, -0.25) is 4.79 Å². The number of hydrogen-bond donors (Lipinski definition) is 1. The molecule has 0 aromatic carbocycles. The molecule has 17 heavy (non-hydrogen) atoms. The fourth-order valence-electron chi connectivity index (χ4n) is 2.87. The van der Waals surface area contributed by atoms with Crippen molar-refractivity contribution in [2.45, 2.75) is 31.8 Å². The summed E-state index contributed by atoms with van der Waals surface area (Å²) in [5.74, 6) is 0.426. The summed E-state index contributed by atoms with van der Waals surface area (Å²) >= 11 is 0. The fourth-order valence-corrected chi connectivity index (χ4v) is 2.87. The van der Waals surface area contributed by atoms with Crippen molar-refractivity contribution in [2.75, 3.05) is 6.61 Å². The molecule has 1 aliphatic carbocycles. The topological polar surface area (TPSA) is 59.7 Å². The van der Waals surface area contributed by atoms with Gasteiger partial charge in [0.25, 0.3) is 0 Å². The first-order valence-electron chi connectivity index (χ1n) is 6.10. The van der Waals surface area contributed by atoms with Crippen LogP contribution in [0.4, 0.5) is 0 Å². The number of carbonyl (C=O) groups is 1. The predicted octanol–water partition coefficient (Wildman–Crippen LogP) is 2.09. The average Bonchev–Trinajstić information content (AvgIpc) is 2.86. The van der Waals surface area contributed by atoms with E-state index in [1.807, 2.05) is 6.07 Å². The van der Waals surface area contributed by atoms with Crippen LogP contribution in [0.5, 0.6) is 0 Å². The van der Waals surface area contributed by atoms with E-state index in [9.17, 15) is 9.90 Å². The smallest absolute Gasteiger partial charge is 0.312 e. The Hall–Kier alpha value is -1.29. The molecule has 2 fully saturated rings. The van der Waals surface area contributed by atoms with Crippen molar-refractivity contribution < 1.29 is 19.1 Å². The Kier molecular flexibility index (Phi) is 2.47. The van der Waals surface area contributed by atoms with E-state index in [4.69, 9.17) is 9.15 Å². The lowest BCUT2D eigenvalue weighted by atomic mass is 9.75. The second-order valence-electron chi connectivity index (χ2n) is 5.10. The van der Waals surface area contributed by atoms with Gasteiger partial charge < -0.3 is 14.3 Å². The molecule has 0 spiro atoms. The first kappa shape index (κ1) is 10.8. The third-order valence-electron chi connectivity index (χ3n) is 3.94. The van der Waals surface area contributed by atoms with E-state index in [1.165, 1.54) is 0 Å². The molecular weight excluding hydrogens is 220 g/mol. The van der Waals surface area contributed by atoms with Crippen LogP contribution in [-0.4, -0.2) is 23.8 Å². The van der Waals surface area contributed by atoms with Gasteiger partial charge in [-0.05, 0) is 37.3 Å². The molecule has 2 heterocycles. The van der Waals surface area contributed by atoms with Crippen molar-refractivity contribution >= 4 is 5.97 Å². The van der Waals surface area contributed by atoms with Gasteiger partial charge in [-0.25, -0.2) is 0 Å². The van der Waals surface area contributed by atoms with Gasteiger partial charge in [-0.1, -0.05) is 0 Å². The van der Waals surface area contributed by atoms with Gasteiger partial charge in [0.1, 0.15) is 11.2 Å². The molecule has 2 unspecified atom stereocenters. The summed E-state index contributed by atoms with van der Waals surface area (Å²) in [4.78, 5) is 11.7. The van der Waals surface area contributed by atoms with E-state index in [-0.39, 0.29) is 6.10 Å². The largest absolute Gasteiger partial charge is 0.481 e. The van der Waals surface area contributed by atoms with Crippen LogP contribution in [0.1, 0.15) is 25.0 Å². The van der Waals surface area contributed by atoms with E-state index in [0.29, 0.717) is 25.4 Å². The highest BCUT2D eigenvalue weighted by atomic mass is 16.5. The molecule has 4 heteroatoms. The van der Waals surface area contributed by atoms with Crippen LogP contribution in [0.15, 0.2) is 22.8 Å². The van der Waals surface area contributed by atoms with Gasteiger partial charge in [-0.2, -0.15) is 0 Å². The maximum Gasteiger partial charge on any atom is 0.312 e. The van der Waals surface area contributed by atoms with E-state index >= 15 is 0 Å². The van der Waals surface area contributed by atoms with Crippen LogP contribution in [0.25, 0.3) is 0 Å². The van der Waals surface area contributed by atoms with Crippen molar-refractivity contribution in [3.05, 3.63) is 24.2 Å². The molecule has 1 aromatic rings. The van der Waals surface area contributed by atoms with Crippen molar-refractivity contribution in [1.29, 1.82) is 0 Å². The number of aliphatic carboxylic acids is 1. The Labute approximate surface area is 99.6 Å². The highest BCUT2D eigenvalue weighted by molar-refractivity contribution is 5.76. The number of ether oxygens (including phenoxy) is 1. The standard InChI is InChI=1S/C13H16O4/c14-12(15)13(8-10-2-1-6-16-10)5-7-17-11(13)9-3-4-9/h1-2,6,9,11H,3-5,7-8H2,(H,14,15). The second kappa shape index (κ2) is 3.88. The zero-order chi connectivity index (χ0) is 11.9. The van der Waals surface area contributed by atoms with Crippen molar-refractivity contribution in [3.63, 3.8) is 0 Å². The summed E-state index contributed by atoms with van der Waals surface area (Å²) in [6, 6.07) is 3.64. The first-order chi connectivity index (χ1) is 8.22. The number of hydrogen-bond acceptors (Lipinski definition) is 3. The molecule has 2 aliphatic rings. The number of furan rings is 1. The monoisotopic (exact) mass is 236 g/mol. The molecule has 92 valence electrons. The molecule has 4 nitrogen and oxygen atoms in total. The molecule has 1 aliphatic heterocycles. The maximum atomic E-state index is 11.7. The van der Waals surface area contributed by atoms with E-state index in [2.05, 4.69) is 0 Å². The average molecular weight is 236 g/mol. The van der Waals surface area contributed by atoms with Gasteiger partial charge in [0.15, 0.2) is 0 Å². The number of rotatable bonds is 4. The number of carboxylic acids is 1. The van der Waals surface area contributed by atoms with E-state index in [0.717, 1.165) is 18.6 Å². The highest BCUT2D eigenvalue weighted by Gasteiger charge is 2.56. The summed E-state index contributed by atoms with van der Waals surface area (Å²) in [7, 11) is 0. The summed E-state index contributed by atoms with van der Waals surface area (Å²) in [5, 5.41) is 9.59. The van der Waals surface area contributed by atoms with Gasteiger partial charge >= 0.3 is 5.97 Å². The normalized spacial score (nSPS) is 32.8. The summed E-state index contributed by atoms with van der Waals surface area (Å²) in [6.45, 7) is 0.550. The third kappa shape index (κ3) is 1.76. The lowest BCUT2D eigenvalue weighted by molar-refractivity contribution is -0.153. The van der Waals surface area contributed by atoms with E-state index < -0.39 is 11.4 Å². The lowest BCUT2D eigenvalue weighted by Crippen LogP contribution is -2.42. The first-order valence-corrected chi connectivity index (χ1v) is 6.10. The summed E-state index contributed by atoms with van der Waals surface area (Å²) < 4.78 is 11.0. The molecule has 1 N–H and O–H groups in total. The SMILES string of the molecule is O=C(O)C1(Cc2ccco2)CCOC1C1CC1. The minimum absolute atomic E-state index is 0.134.